The molecule has 1 fully saturated rings. The van der Waals surface area contributed by atoms with Crippen LogP contribution >= 0.6 is 0 Å². The molecule has 0 aliphatic carbocycles. The summed E-state index contributed by atoms with van der Waals surface area (Å²) in [7, 11) is 0. The summed E-state index contributed by atoms with van der Waals surface area (Å²) in [5.41, 5.74) is 3.06. The van der Waals surface area contributed by atoms with Crippen molar-refractivity contribution in [1.82, 2.24) is 19.9 Å². The van der Waals surface area contributed by atoms with E-state index in [2.05, 4.69) is 20.3 Å². The SMILES string of the molecule is CCOC(=O)N1CCN(c2nc(NO)nc(NCc3ccccc3)n2)CC1. The lowest BCUT2D eigenvalue weighted by Crippen LogP contribution is -2.49. The number of anilines is 3. The van der Waals surface area contributed by atoms with Crippen molar-refractivity contribution in [2.45, 2.75) is 13.5 Å². The Kier molecular flexibility index (Phi) is 6.21. The van der Waals surface area contributed by atoms with Gasteiger partial charge in [-0.15, -0.1) is 0 Å². The second-order valence-corrected chi connectivity index (χ2v) is 5.91. The van der Waals surface area contributed by atoms with E-state index in [-0.39, 0.29) is 12.0 Å². The molecule has 144 valence electrons. The van der Waals surface area contributed by atoms with Crippen LogP contribution in [0.25, 0.3) is 0 Å². The van der Waals surface area contributed by atoms with Crippen LogP contribution in [0.5, 0.6) is 0 Å². The molecule has 0 radical (unpaired) electrons. The molecule has 1 amide bonds. The Labute approximate surface area is 157 Å². The number of ether oxygens (including phenoxy) is 1. The number of hydrogen-bond donors (Lipinski definition) is 3. The Morgan fingerprint density at radius 2 is 1.81 bits per heavy atom. The first kappa shape index (κ1) is 18.6. The van der Waals surface area contributed by atoms with Crippen molar-refractivity contribution in [3.05, 3.63) is 35.9 Å². The van der Waals surface area contributed by atoms with Crippen molar-refractivity contribution in [2.75, 3.05) is 48.5 Å². The van der Waals surface area contributed by atoms with Crippen molar-refractivity contribution in [3.63, 3.8) is 0 Å². The second-order valence-electron chi connectivity index (χ2n) is 5.91. The monoisotopic (exact) mass is 373 g/mol. The predicted octanol–water partition coefficient (Wildman–Crippen LogP) is 1.56. The lowest BCUT2D eigenvalue weighted by atomic mass is 10.2. The summed E-state index contributed by atoms with van der Waals surface area (Å²) >= 11 is 0. The van der Waals surface area contributed by atoms with Crippen molar-refractivity contribution < 1.29 is 14.7 Å². The highest BCUT2D eigenvalue weighted by atomic mass is 16.6. The number of aromatic nitrogens is 3. The van der Waals surface area contributed by atoms with E-state index < -0.39 is 0 Å². The minimum absolute atomic E-state index is 0.0587. The molecule has 3 rings (SSSR count). The highest BCUT2D eigenvalue weighted by molar-refractivity contribution is 5.68. The van der Waals surface area contributed by atoms with Crippen LogP contribution in [0, 0.1) is 0 Å². The third kappa shape index (κ3) is 4.94. The molecule has 3 N–H and O–H groups in total. The number of rotatable bonds is 6. The fourth-order valence-corrected chi connectivity index (χ4v) is 2.72. The van der Waals surface area contributed by atoms with Gasteiger partial charge >= 0.3 is 6.09 Å². The van der Waals surface area contributed by atoms with Crippen LogP contribution in [0.1, 0.15) is 12.5 Å². The van der Waals surface area contributed by atoms with E-state index >= 15 is 0 Å². The van der Waals surface area contributed by atoms with Crippen LogP contribution in [0.15, 0.2) is 30.3 Å². The van der Waals surface area contributed by atoms with E-state index in [1.165, 1.54) is 0 Å². The highest BCUT2D eigenvalue weighted by Crippen LogP contribution is 2.16. The molecule has 1 aliphatic heterocycles. The van der Waals surface area contributed by atoms with E-state index in [9.17, 15) is 10.0 Å². The zero-order chi connectivity index (χ0) is 19.1. The second kappa shape index (κ2) is 8.99. The maximum absolute atomic E-state index is 11.8. The molecule has 1 saturated heterocycles. The van der Waals surface area contributed by atoms with Crippen LogP contribution in [-0.4, -0.2) is 63.9 Å². The summed E-state index contributed by atoms with van der Waals surface area (Å²) in [5, 5.41) is 12.4. The number of piperazine rings is 1. The Morgan fingerprint density at radius 1 is 1.11 bits per heavy atom. The number of carbonyl (C=O) groups excluding carboxylic acids is 1. The standard InChI is InChI=1S/C17H23N7O3/c1-2-27-17(25)24-10-8-23(9-11-24)16-20-14(19-15(21-16)22-26)18-12-13-6-4-3-5-7-13/h3-7,26H,2,8-12H2,1H3,(H2,18,19,20,21,22). The smallest absolute Gasteiger partial charge is 0.409 e. The third-order valence-corrected chi connectivity index (χ3v) is 4.11. The minimum atomic E-state index is -0.310. The Balaban J connectivity index is 1.66. The summed E-state index contributed by atoms with van der Waals surface area (Å²) < 4.78 is 5.03. The molecule has 27 heavy (non-hydrogen) atoms. The number of nitrogens with one attached hydrogen (secondary N) is 2. The average molecular weight is 373 g/mol. The molecule has 10 heteroatoms. The summed E-state index contributed by atoms with van der Waals surface area (Å²) in [6, 6.07) is 9.86. The van der Waals surface area contributed by atoms with Crippen LogP contribution in [0.4, 0.5) is 22.6 Å². The van der Waals surface area contributed by atoms with E-state index in [1.54, 1.807) is 11.8 Å². The van der Waals surface area contributed by atoms with Crippen molar-refractivity contribution >= 4 is 23.9 Å². The van der Waals surface area contributed by atoms with E-state index in [0.29, 0.717) is 51.2 Å². The van der Waals surface area contributed by atoms with Crippen molar-refractivity contribution in [2.24, 2.45) is 0 Å². The third-order valence-electron chi connectivity index (χ3n) is 4.11. The summed E-state index contributed by atoms with van der Waals surface area (Å²) in [5.74, 6) is 0.845. The number of amides is 1. The highest BCUT2D eigenvalue weighted by Gasteiger charge is 2.24. The van der Waals surface area contributed by atoms with Gasteiger partial charge in [-0.3, -0.25) is 5.21 Å². The first-order valence-electron chi connectivity index (χ1n) is 8.80. The van der Waals surface area contributed by atoms with Gasteiger partial charge in [-0.05, 0) is 12.5 Å². The molecule has 0 unspecified atom stereocenters. The van der Waals surface area contributed by atoms with Gasteiger partial charge in [0.2, 0.25) is 11.9 Å². The van der Waals surface area contributed by atoms with Crippen molar-refractivity contribution in [1.29, 1.82) is 0 Å². The van der Waals surface area contributed by atoms with Crippen LogP contribution in [0.3, 0.4) is 0 Å². The van der Waals surface area contributed by atoms with E-state index in [1.807, 2.05) is 40.7 Å². The number of benzene rings is 1. The topological polar surface area (TPSA) is 116 Å². The maximum Gasteiger partial charge on any atom is 0.409 e. The van der Waals surface area contributed by atoms with Crippen LogP contribution in [0.2, 0.25) is 0 Å². The zero-order valence-corrected chi connectivity index (χ0v) is 15.1. The molecular weight excluding hydrogens is 350 g/mol. The van der Waals surface area contributed by atoms with Gasteiger partial charge in [0.25, 0.3) is 5.95 Å². The van der Waals surface area contributed by atoms with Crippen LogP contribution < -0.4 is 15.7 Å². The van der Waals surface area contributed by atoms with Gasteiger partial charge in [0.1, 0.15) is 0 Å². The summed E-state index contributed by atoms with van der Waals surface area (Å²) in [6.45, 7) is 4.84. The molecule has 0 bridgehead atoms. The molecule has 0 saturated carbocycles. The predicted molar refractivity (Wildman–Crippen MR) is 99.8 cm³/mol. The largest absolute Gasteiger partial charge is 0.450 e. The Hall–Kier alpha value is -3.14. The van der Waals surface area contributed by atoms with Gasteiger partial charge in [-0.1, -0.05) is 30.3 Å². The molecular formula is C17H23N7O3. The van der Waals surface area contributed by atoms with Gasteiger partial charge in [0.05, 0.1) is 6.61 Å². The van der Waals surface area contributed by atoms with E-state index in [0.717, 1.165) is 5.56 Å². The van der Waals surface area contributed by atoms with Gasteiger partial charge in [0, 0.05) is 32.7 Å². The molecule has 2 heterocycles. The normalized spacial score (nSPS) is 14.0. The quantitative estimate of drug-likeness (QED) is 0.649. The number of hydrogen-bond acceptors (Lipinski definition) is 9. The lowest BCUT2D eigenvalue weighted by molar-refractivity contribution is 0.105. The zero-order valence-electron chi connectivity index (χ0n) is 15.1. The molecule has 1 aromatic carbocycles. The molecule has 1 aliphatic rings. The summed E-state index contributed by atoms with van der Waals surface area (Å²) in [4.78, 5) is 28.2. The van der Waals surface area contributed by atoms with Crippen molar-refractivity contribution in [3.8, 4) is 0 Å². The van der Waals surface area contributed by atoms with E-state index in [4.69, 9.17) is 4.74 Å². The first-order chi connectivity index (χ1) is 13.2. The fraction of sp³-hybridized carbons (Fsp3) is 0.412. The molecule has 0 spiro atoms. The Morgan fingerprint density at radius 3 is 2.48 bits per heavy atom. The molecule has 1 aromatic heterocycles. The maximum atomic E-state index is 11.8. The Bertz CT molecular complexity index is 751. The van der Waals surface area contributed by atoms with Crippen LogP contribution in [-0.2, 0) is 11.3 Å². The molecule has 0 atom stereocenters. The number of carbonyl (C=O) groups is 1. The average Bonchev–Trinajstić information content (AvgIpc) is 2.73. The fourth-order valence-electron chi connectivity index (χ4n) is 2.72. The van der Waals surface area contributed by atoms with Gasteiger partial charge in [0.15, 0.2) is 0 Å². The van der Waals surface area contributed by atoms with Gasteiger partial charge < -0.3 is 19.9 Å². The van der Waals surface area contributed by atoms with Gasteiger partial charge in [-0.2, -0.15) is 15.0 Å². The number of nitrogens with zero attached hydrogens (tertiary/aromatic N) is 5. The first-order valence-corrected chi connectivity index (χ1v) is 8.80. The van der Waals surface area contributed by atoms with Gasteiger partial charge in [-0.25, -0.2) is 10.3 Å². The summed E-state index contributed by atoms with van der Waals surface area (Å²) in [6.07, 6.45) is -0.310. The minimum Gasteiger partial charge on any atom is -0.450 e. The lowest BCUT2D eigenvalue weighted by Gasteiger charge is -2.34. The molecule has 10 nitrogen and oxygen atoms in total. The molecule has 2 aromatic rings.